The van der Waals surface area contributed by atoms with Gasteiger partial charge in [-0.2, -0.15) is 0 Å². The minimum atomic E-state index is 0.461. The predicted molar refractivity (Wildman–Crippen MR) is 80.3 cm³/mol. The van der Waals surface area contributed by atoms with Gasteiger partial charge in [-0.15, -0.1) is 0 Å². The second kappa shape index (κ2) is 5.35. The SMILES string of the molecule is Cc1[nH]c2ccccc2c1CCNCC1CC(N)C1. The Morgan fingerprint density at radius 2 is 2.11 bits per heavy atom. The molecule has 0 aliphatic heterocycles. The second-order valence-electron chi connectivity index (χ2n) is 5.83. The zero-order valence-electron chi connectivity index (χ0n) is 11.6. The van der Waals surface area contributed by atoms with Gasteiger partial charge in [-0.1, -0.05) is 18.2 Å². The number of fused-ring (bicyclic) bond motifs is 1. The molecule has 0 amide bonds. The molecule has 102 valence electrons. The maximum Gasteiger partial charge on any atom is 0.0458 e. The maximum absolute atomic E-state index is 5.80. The summed E-state index contributed by atoms with van der Waals surface area (Å²) in [5.41, 5.74) is 9.80. The topological polar surface area (TPSA) is 53.8 Å². The Morgan fingerprint density at radius 3 is 2.89 bits per heavy atom. The normalized spacial score (nSPS) is 22.6. The smallest absolute Gasteiger partial charge is 0.0458 e. The third-order valence-corrected chi connectivity index (χ3v) is 4.28. The van der Waals surface area contributed by atoms with Crippen molar-refractivity contribution in [3.8, 4) is 0 Å². The van der Waals surface area contributed by atoms with Gasteiger partial charge in [0.15, 0.2) is 0 Å². The number of hydrogen-bond acceptors (Lipinski definition) is 2. The molecule has 3 heteroatoms. The zero-order valence-corrected chi connectivity index (χ0v) is 11.6. The average molecular weight is 257 g/mol. The molecule has 19 heavy (non-hydrogen) atoms. The summed E-state index contributed by atoms with van der Waals surface area (Å²) < 4.78 is 0. The lowest BCUT2D eigenvalue weighted by Gasteiger charge is -2.32. The highest BCUT2D eigenvalue weighted by molar-refractivity contribution is 5.84. The summed E-state index contributed by atoms with van der Waals surface area (Å²) in [5, 5.41) is 4.94. The van der Waals surface area contributed by atoms with Crippen LogP contribution in [0.4, 0.5) is 0 Å². The molecule has 1 aliphatic carbocycles. The molecule has 1 aliphatic rings. The van der Waals surface area contributed by atoms with Crippen LogP contribution < -0.4 is 11.1 Å². The number of H-pyrrole nitrogens is 1. The van der Waals surface area contributed by atoms with Crippen LogP contribution in [0.5, 0.6) is 0 Å². The highest BCUT2D eigenvalue weighted by atomic mass is 14.9. The van der Waals surface area contributed by atoms with Crippen molar-refractivity contribution < 1.29 is 0 Å². The lowest BCUT2D eigenvalue weighted by Crippen LogP contribution is -2.41. The van der Waals surface area contributed by atoms with Crippen LogP contribution in [0.3, 0.4) is 0 Å². The number of nitrogens with two attached hydrogens (primary N) is 1. The van der Waals surface area contributed by atoms with Crippen molar-refractivity contribution in [1.29, 1.82) is 0 Å². The Morgan fingerprint density at radius 1 is 1.32 bits per heavy atom. The number of aromatic amines is 1. The Hall–Kier alpha value is -1.32. The van der Waals surface area contributed by atoms with Crippen LogP contribution in [0.15, 0.2) is 24.3 Å². The van der Waals surface area contributed by atoms with Gasteiger partial charge >= 0.3 is 0 Å². The fraction of sp³-hybridized carbons (Fsp3) is 0.500. The van der Waals surface area contributed by atoms with E-state index in [1.54, 1.807) is 0 Å². The fourth-order valence-corrected chi connectivity index (χ4v) is 3.13. The molecule has 0 atom stereocenters. The molecule has 1 fully saturated rings. The van der Waals surface area contributed by atoms with Crippen molar-refractivity contribution in [3.05, 3.63) is 35.5 Å². The Balaban J connectivity index is 1.55. The molecule has 0 radical (unpaired) electrons. The first-order chi connectivity index (χ1) is 9.24. The molecule has 1 heterocycles. The van der Waals surface area contributed by atoms with E-state index in [4.69, 9.17) is 5.73 Å². The molecular formula is C16H23N3. The average Bonchev–Trinajstić information content (AvgIpc) is 2.68. The summed E-state index contributed by atoms with van der Waals surface area (Å²) in [7, 11) is 0. The molecule has 3 nitrogen and oxygen atoms in total. The Labute approximate surface area is 114 Å². The minimum Gasteiger partial charge on any atom is -0.358 e. The van der Waals surface area contributed by atoms with Gasteiger partial charge in [0.05, 0.1) is 0 Å². The summed E-state index contributed by atoms with van der Waals surface area (Å²) in [6.07, 6.45) is 3.48. The van der Waals surface area contributed by atoms with E-state index in [0.717, 1.165) is 25.4 Å². The number of aromatic nitrogens is 1. The van der Waals surface area contributed by atoms with Gasteiger partial charge in [0, 0.05) is 22.6 Å². The largest absolute Gasteiger partial charge is 0.358 e. The lowest BCUT2D eigenvalue weighted by atomic mass is 9.81. The van der Waals surface area contributed by atoms with Gasteiger partial charge < -0.3 is 16.0 Å². The van der Waals surface area contributed by atoms with Crippen molar-refractivity contribution in [2.45, 2.75) is 32.2 Å². The van der Waals surface area contributed by atoms with Crippen LogP contribution >= 0.6 is 0 Å². The van der Waals surface area contributed by atoms with Gasteiger partial charge in [-0.3, -0.25) is 0 Å². The van der Waals surface area contributed by atoms with Gasteiger partial charge in [-0.25, -0.2) is 0 Å². The second-order valence-corrected chi connectivity index (χ2v) is 5.83. The highest BCUT2D eigenvalue weighted by Gasteiger charge is 2.24. The standard InChI is InChI=1S/C16H23N3/c1-11-14(15-4-2-3-5-16(15)19-11)6-7-18-10-12-8-13(17)9-12/h2-5,12-13,18-19H,6-10,17H2,1H3. The maximum atomic E-state index is 5.80. The summed E-state index contributed by atoms with van der Waals surface area (Å²) in [5.74, 6) is 0.805. The minimum absolute atomic E-state index is 0.461. The monoisotopic (exact) mass is 257 g/mol. The number of rotatable bonds is 5. The summed E-state index contributed by atoms with van der Waals surface area (Å²) in [6.45, 7) is 4.34. The molecule has 1 aromatic heterocycles. The van der Waals surface area contributed by atoms with E-state index in [1.165, 1.54) is 35.0 Å². The third kappa shape index (κ3) is 2.67. The zero-order chi connectivity index (χ0) is 13.2. The number of benzene rings is 1. The Bertz CT molecular complexity index is 552. The van der Waals surface area contributed by atoms with E-state index in [1.807, 2.05) is 0 Å². The van der Waals surface area contributed by atoms with Gasteiger partial charge in [-0.05, 0) is 56.8 Å². The molecule has 1 aromatic carbocycles. The van der Waals surface area contributed by atoms with Gasteiger partial charge in [0.1, 0.15) is 0 Å². The van der Waals surface area contributed by atoms with Crippen LogP contribution in [0.25, 0.3) is 10.9 Å². The van der Waals surface area contributed by atoms with Crippen LogP contribution in [-0.4, -0.2) is 24.1 Å². The van der Waals surface area contributed by atoms with E-state index in [-0.39, 0.29) is 0 Å². The van der Waals surface area contributed by atoms with Gasteiger partial charge in [0.2, 0.25) is 0 Å². The highest BCUT2D eigenvalue weighted by Crippen LogP contribution is 2.25. The third-order valence-electron chi connectivity index (χ3n) is 4.28. The van der Waals surface area contributed by atoms with Crippen molar-refractivity contribution in [3.63, 3.8) is 0 Å². The first-order valence-corrected chi connectivity index (χ1v) is 7.26. The van der Waals surface area contributed by atoms with Crippen molar-refractivity contribution in [1.82, 2.24) is 10.3 Å². The van der Waals surface area contributed by atoms with E-state index in [9.17, 15) is 0 Å². The molecular weight excluding hydrogens is 234 g/mol. The number of para-hydroxylation sites is 1. The predicted octanol–water partition coefficient (Wildman–Crippen LogP) is 2.35. The van der Waals surface area contributed by atoms with E-state index in [0.29, 0.717) is 6.04 Å². The molecule has 1 saturated carbocycles. The van der Waals surface area contributed by atoms with Crippen molar-refractivity contribution in [2.75, 3.05) is 13.1 Å². The number of aryl methyl sites for hydroxylation is 1. The number of nitrogens with one attached hydrogen (secondary N) is 2. The first-order valence-electron chi connectivity index (χ1n) is 7.26. The molecule has 0 bridgehead atoms. The summed E-state index contributed by atoms with van der Waals surface area (Å²) >= 11 is 0. The summed E-state index contributed by atoms with van der Waals surface area (Å²) in [4.78, 5) is 3.46. The molecule has 3 rings (SSSR count). The molecule has 2 aromatic rings. The molecule has 0 spiro atoms. The summed E-state index contributed by atoms with van der Waals surface area (Å²) in [6, 6.07) is 9.01. The van der Waals surface area contributed by atoms with Crippen LogP contribution in [0.2, 0.25) is 0 Å². The van der Waals surface area contributed by atoms with E-state index >= 15 is 0 Å². The van der Waals surface area contributed by atoms with Crippen LogP contribution in [0.1, 0.15) is 24.1 Å². The Kier molecular flexibility index (Phi) is 3.58. The molecule has 0 unspecified atom stereocenters. The quantitative estimate of drug-likeness (QED) is 0.720. The van der Waals surface area contributed by atoms with Crippen molar-refractivity contribution in [2.24, 2.45) is 11.7 Å². The van der Waals surface area contributed by atoms with Crippen LogP contribution in [0, 0.1) is 12.8 Å². The fourth-order valence-electron chi connectivity index (χ4n) is 3.13. The first kappa shape index (κ1) is 12.7. The van der Waals surface area contributed by atoms with Gasteiger partial charge in [0.25, 0.3) is 0 Å². The molecule has 0 saturated heterocycles. The van der Waals surface area contributed by atoms with E-state index < -0.39 is 0 Å². The van der Waals surface area contributed by atoms with Crippen LogP contribution in [-0.2, 0) is 6.42 Å². The van der Waals surface area contributed by atoms with E-state index in [2.05, 4.69) is 41.5 Å². The lowest BCUT2D eigenvalue weighted by molar-refractivity contribution is 0.257. The number of hydrogen-bond donors (Lipinski definition) is 3. The van der Waals surface area contributed by atoms with Crippen molar-refractivity contribution >= 4 is 10.9 Å². The molecule has 4 N–H and O–H groups in total.